The summed E-state index contributed by atoms with van der Waals surface area (Å²) < 4.78 is 1.17. The van der Waals surface area contributed by atoms with E-state index < -0.39 is 0 Å². The van der Waals surface area contributed by atoms with Crippen LogP contribution in [0.15, 0.2) is 23.2 Å². The predicted octanol–water partition coefficient (Wildman–Crippen LogP) is 3.30. The van der Waals surface area contributed by atoms with Gasteiger partial charge in [-0.15, -0.1) is 6.58 Å². The summed E-state index contributed by atoms with van der Waals surface area (Å²) in [6.45, 7) is 3.72. The molecule has 1 atom stereocenters. The van der Waals surface area contributed by atoms with Crippen molar-refractivity contribution in [3.8, 4) is 0 Å². The van der Waals surface area contributed by atoms with Crippen LogP contribution >= 0.6 is 15.9 Å². The number of hydrogen-bond donors (Lipinski definition) is 1. The van der Waals surface area contributed by atoms with Gasteiger partial charge in [-0.2, -0.15) is 0 Å². The second-order valence-electron chi connectivity index (χ2n) is 4.29. The fourth-order valence-corrected chi connectivity index (χ4v) is 2.83. The lowest BCUT2D eigenvalue weighted by molar-refractivity contribution is 0.642. The average Bonchev–Trinajstić information content (AvgIpc) is 2.29. The molecule has 0 aromatic carbocycles. The first kappa shape index (κ1) is 11.8. The Labute approximate surface area is 105 Å². The average molecular weight is 281 g/mol. The first-order chi connectivity index (χ1) is 7.72. The number of nitrogens with zero attached hydrogens (tertiary/aromatic N) is 1. The molecule has 1 heterocycles. The fourth-order valence-electron chi connectivity index (χ4n) is 2.17. The van der Waals surface area contributed by atoms with Crippen LogP contribution in [0.3, 0.4) is 0 Å². The Bertz CT molecular complexity index is 401. The Hall–Kier alpha value is -0.670. The zero-order valence-corrected chi connectivity index (χ0v) is 11.0. The molecule has 0 radical (unpaired) electrons. The number of aryl methyl sites for hydroxylation is 1. The topological polar surface area (TPSA) is 38.9 Å². The van der Waals surface area contributed by atoms with E-state index in [0.717, 1.165) is 25.0 Å². The van der Waals surface area contributed by atoms with E-state index in [-0.39, 0.29) is 6.04 Å². The molecule has 1 aliphatic rings. The molecule has 16 heavy (non-hydrogen) atoms. The molecule has 0 aliphatic heterocycles. The molecule has 0 bridgehead atoms. The van der Waals surface area contributed by atoms with Gasteiger partial charge >= 0.3 is 0 Å². The number of hydrogen-bond acceptors (Lipinski definition) is 2. The third kappa shape index (κ3) is 2.36. The molecular formula is C13H17BrN2. The Kier molecular flexibility index (Phi) is 3.77. The van der Waals surface area contributed by atoms with Crippen LogP contribution < -0.4 is 5.73 Å². The number of halogens is 1. The van der Waals surface area contributed by atoms with Crippen LogP contribution in [0.5, 0.6) is 0 Å². The lowest BCUT2D eigenvalue weighted by Crippen LogP contribution is -2.15. The van der Waals surface area contributed by atoms with Crippen molar-refractivity contribution >= 4 is 15.9 Å². The van der Waals surface area contributed by atoms with Crippen LogP contribution in [0, 0.1) is 0 Å². The third-order valence-electron chi connectivity index (χ3n) is 3.07. The van der Waals surface area contributed by atoms with Crippen molar-refractivity contribution in [3.63, 3.8) is 0 Å². The summed E-state index contributed by atoms with van der Waals surface area (Å²) in [5.74, 6) is 0. The summed E-state index contributed by atoms with van der Waals surface area (Å²) in [5, 5.41) is 0. The number of fused-ring (bicyclic) bond motifs is 1. The van der Waals surface area contributed by atoms with Crippen molar-refractivity contribution in [2.45, 2.75) is 38.1 Å². The van der Waals surface area contributed by atoms with Gasteiger partial charge in [-0.1, -0.05) is 22.0 Å². The largest absolute Gasteiger partial charge is 0.322 e. The second-order valence-corrected chi connectivity index (χ2v) is 5.15. The second kappa shape index (κ2) is 5.11. The summed E-state index contributed by atoms with van der Waals surface area (Å²) >= 11 is 3.63. The number of aromatic nitrogens is 1. The predicted molar refractivity (Wildman–Crippen MR) is 70.3 cm³/mol. The van der Waals surface area contributed by atoms with E-state index in [1.165, 1.54) is 28.6 Å². The molecule has 0 unspecified atom stereocenters. The summed E-state index contributed by atoms with van der Waals surface area (Å²) in [7, 11) is 0. The molecule has 1 aliphatic carbocycles. The summed E-state index contributed by atoms with van der Waals surface area (Å²) in [4.78, 5) is 4.69. The Morgan fingerprint density at radius 3 is 3.00 bits per heavy atom. The van der Waals surface area contributed by atoms with Crippen LogP contribution in [-0.2, 0) is 12.8 Å². The third-order valence-corrected chi connectivity index (χ3v) is 3.77. The molecule has 0 saturated heterocycles. The first-order valence-electron chi connectivity index (χ1n) is 5.77. The van der Waals surface area contributed by atoms with E-state index in [9.17, 15) is 0 Å². The lowest BCUT2D eigenvalue weighted by Gasteiger charge is -2.19. The molecule has 2 N–H and O–H groups in total. The monoisotopic (exact) mass is 280 g/mol. The van der Waals surface area contributed by atoms with Crippen LogP contribution in [-0.4, -0.2) is 4.98 Å². The van der Waals surface area contributed by atoms with Crippen molar-refractivity contribution in [3.05, 3.63) is 40.1 Å². The molecule has 1 aromatic heterocycles. The quantitative estimate of drug-likeness (QED) is 0.863. The molecule has 1 aromatic rings. The van der Waals surface area contributed by atoms with Crippen molar-refractivity contribution in [1.82, 2.24) is 4.98 Å². The molecule has 0 spiro atoms. The Morgan fingerprint density at radius 1 is 1.50 bits per heavy atom. The van der Waals surface area contributed by atoms with Crippen molar-refractivity contribution in [2.75, 3.05) is 0 Å². The molecule has 86 valence electrons. The zero-order chi connectivity index (χ0) is 11.5. The number of nitrogens with two attached hydrogens (primary N) is 1. The van der Waals surface area contributed by atoms with Gasteiger partial charge in [-0.05, 0) is 43.7 Å². The minimum Gasteiger partial charge on any atom is -0.322 e. The highest BCUT2D eigenvalue weighted by molar-refractivity contribution is 9.10. The fraction of sp³-hybridized carbons (Fsp3) is 0.462. The van der Waals surface area contributed by atoms with Crippen LogP contribution in [0.25, 0.3) is 0 Å². The summed E-state index contributed by atoms with van der Waals surface area (Å²) in [6.07, 6.45) is 7.36. The maximum absolute atomic E-state index is 6.05. The number of pyridine rings is 1. The van der Waals surface area contributed by atoms with Gasteiger partial charge in [-0.25, -0.2) is 0 Å². The van der Waals surface area contributed by atoms with Gasteiger partial charge in [0.15, 0.2) is 0 Å². The van der Waals surface area contributed by atoms with Crippen LogP contribution in [0.4, 0.5) is 0 Å². The van der Waals surface area contributed by atoms with Gasteiger partial charge in [0, 0.05) is 10.2 Å². The van der Waals surface area contributed by atoms with Gasteiger partial charge in [0.2, 0.25) is 0 Å². The SMILES string of the molecule is C=CC[C@H](N)c1cc(Br)c2c(n1)CCCC2. The standard InChI is InChI=1S/C13H17BrN2/c1-2-5-11(15)13-8-10(14)9-6-3-4-7-12(9)16-13/h2,8,11H,1,3-7,15H2/t11-/m0/s1. The minimum atomic E-state index is -0.0268. The maximum atomic E-state index is 6.05. The lowest BCUT2D eigenvalue weighted by atomic mass is 9.95. The molecule has 0 fully saturated rings. The van der Waals surface area contributed by atoms with E-state index in [1.807, 2.05) is 6.08 Å². The van der Waals surface area contributed by atoms with Crippen molar-refractivity contribution in [2.24, 2.45) is 5.73 Å². The van der Waals surface area contributed by atoms with Gasteiger partial charge in [0.1, 0.15) is 0 Å². The first-order valence-corrected chi connectivity index (χ1v) is 6.56. The normalized spacial score (nSPS) is 16.6. The molecular weight excluding hydrogens is 264 g/mol. The molecule has 0 amide bonds. The molecule has 0 saturated carbocycles. The molecule has 3 heteroatoms. The van der Waals surface area contributed by atoms with Crippen molar-refractivity contribution < 1.29 is 0 Å². The van der Waals surface area contributed by atoms with E-state index >= 15 is 0 Å². The van der Waals surface area contributed by atoms with Crippen LogP contribution in [0.1, 0.15) is 42.3 Å². The van der Waals surface area contributed by atoms with E-state index in [4.69, 9.17) is 5.73 Å². The summed E-state index contributed by atoms with van der Waals surface area (Å²) in [5.41, 5.74) is 9.64. The summed E-state index contributed by atoms with van der Waals surface area (Å²) in [6, 6.07) is 2.04. The Morgan fingerprint density at radius 2 is 2.25 bits per heavy atom. The molecule has 2 rings (SSSR count). The maximum Gasteiger partial charge on any atom is 0.0588 e. The van der Waals surface area contributed by atoms with Gasteiger partial charge in [-0.3, -0.25) is 4.98 Å². The minimum absolute atomic E-state index is 0.0268. The zero-order valence-electron chi connectivity index (χ0n) is 9.38. The van der Waals surface area contributed by atoms with Gasteiger partial charge in [0.05, 0.1) is 11.7 Å². The highest BCUT2D eigenvalue weighted by Crippen LogP contribution is 2.29. The smallest absolute Gasteiger partial charge is 0.0588 e. The van der Waals surface area contributed by atoms with E-state index in [2.05, 4.69) is 33.6 Å². The van der Waals surface area contributed by atoms with E-state index in [1.54, 1.807) is 0 Å². The van der Waals surface area contributed by atoms with Gasteiger partial charge < -0.3 is 5.73 Å². The molecule has 2 nitrogen and oxygen atoms in total. The van der Waals surface area contributed by atoms with E-state index in [0.29, 0.717) is 0 Å². The Balaban J connectivity index is 2.34. The highest BCUT2D eigenvalue weighted by atomic mass is 79.9. The van der Waals surface area contributed by atoms with Crippen LogP contribution in [0.2, 0.25) is 0 Å². The highest BCUT2D eigenvalue weighted by Gasteiger charge is 2.17. The number of rotatable bonds is 3. The van der Waals surface area contributed by atoms with Crippen molar-refractivity contribution in [1.29, 1.82) is 0 Å². The van der Waals surface area contributed by atoms with Gasteiger partial charge in [0.25, 0.3) is 0 Å².